The van der Waals surface area contributed by atoms with Crippen LogP contribution >= 0.6 is 11.6 Å². The van der Waals surface area contributed by atoms with Gasteiger partial charge in [-0.1, -0.05) is 23.2 Å². The number of anilines is 1. The molecule has 0 aliphatic carbocycles. The van der Waals surface area contributed by atoms with Gasteiger partial charge < -0.3 is 24.1 Å². The monoisotopic (exact) mass is 654 g/mol. The maximum Gasteiger partial charge on any atom is 0.573 e. The topological polar surface area (TPSA) is 123 Å². The number of aliphatic hydroxyl groups is 1. The number of halogens is 4. The number of aliphatic hydroxyl groups excluding tert-OH is 1. The lowest BCUT2D eigenvalue weighted by molar-refractivity contribution is -0.275. The maximum absolute atomic E-state index is 15.0. The molecule has 5 rings (SSSR count). The van der Waals surface area contributed by atoms with E-state index in [-0.39, 0.29) is 46.3 Å². The van der Waals surface area contributed by atoms with Gasteiger partial charge in [0.05, 0.1) is 32.1 Å². The molecule has 10 nitrogen and oxygen atoms in total. The minimum atomic E-state index is -5.29. The Morgan fingerprint density at radius 2 is 1.75 bits per heavy atom. The molecule has 44 heavy (non-hydrogen) atoms. The molecule has 2 heterocycles. The van der Waals surface area contributed by atoms with E-state index in [4.69, 9.17) is 21.1 Å². The summed E-state index contributed by atoms with van der Waals surface area (Å²) in [6.45, 7) is 1.48. The van der Waals surface area contributed by atoms with Crippen molar-refractivity contribution in [2.75, 3.05) is 25.1 Å². The molecule has 234 valence electrons. The second-order valence-electron chi connectivity index (χ2n) is 10.3. The van der Waals surface area contributed by atoms with Gasteiger partial charge in [-0.2, -0.15) is 0 Å². The van der Waals surface area contributed by atoms with Crippen molar-refractivity contribution in [1.29, 1.82) is 0 Å². The van der Waals surface area contributed by atoms with Crippen molar-refractivity contribution in [2.45, 2.75) is 42.3 Å². The quantitative estimate of drug-likeness (QED) is 0.357. The molecule has 3 aromatic rings. The first-order valence-electron chi connectivity index (χ1n) is 13.1. The van der Waals surface area contributed by atoms with Crippen molar-refractivity contribution >= 4 is 39.5 Å². The largest absolute Gasteiger partial charge is 0.573 e. The first kappa shape index (κ1) is 31.6. The fraction of sp³-hybridized carbons (Fsp3) is 0.310. The Morgan fingerprint density at radius 3 is 2.39 bits per heavy atom. The molecule has 1 unspecified atom stereocenters. The summed E-state index contributed by atoms with van der Waals surface area (Å²) in [7, 11) is -2.67. The van der Waals surface area contributed by atoms with Crippen LogP contribution in [0.3, 0.4) is 0 Å². The summed E-state index contributed by atoms with van der Waals surface area (Å²) in [6, 6.07) is 10.3. The molecule has 0 spiro atoms. The van der Waals surface area contributed by atoms with Gasteiger partial charge in [0, 0.05) is 28.8 Å². The van der Waals surface area contributed by atoms with E-state index in [9.17, 15) is 36.3 Å². The van der Waals surface area contributed by atoms with Crippen molar-refractivity contribution in [2.24, 2.45) is 0 Å². The van der Waals surface area contributed by atoms with E-state index in [0.717, 1.165) is 18.2 Å². The lowest BCUT2D eigenvalue weighted by atomic mass is 9.80. The van der Waals surface area contributed by atoms with Crippen LogP contribution in [-0.4, -0.2) is 69.9 Å². The Bertz CT molecular complexity index is 1750. The molecule has 3 atom stereocenters. The molecule has 1 fully saturated rings. The molecule has 0 bridgehead atoms. The molecule has 0 radical (unpaired) electrons. The molecule has 1 saturated heterocycles. The van der Waals surface area contributed by atoms with Gasteiger partial charge in [-0.3, -0.25) is 9.69 Å². The van der Waals surface area contributed by atoms with Crippen molar-refractivity contribution in [3.8, 4) is 17.2 Å². The third-order valence-corrected chi connectivity index (χ3v) is 9.58. The molecule has 2 aliphatic rings. The van der Waals surface area contributed by atoms with Gasteiger partial charge >= 0.3 is 6.36 Å². The number of aldehydes is 1. The van der Waals surface area contributed by atoms with Crippen LogP contribution in [0, 0.1) is 6.92 Å². The summed E-state index contributed by atoms with van der Waals surface area (Å²) >= 11 is 6.40. The number of rotatable bonds is 8. The summed E-state index contributed by atoms with van der Waals surface area (Å²) < 4.78 is 84.1. The fourth-order valence-corrected chi connectivity index (χ4v) is 7.60. The molecular weight excluding hydrogens is 629 g/mol. The van der Waals surface area contributed by atoms with Crippen LogP contribution < -0.4 is 18.5 Å². The van der Waals surface area contributed by atoms with Gasteiger partial charge in [-0.15, -0.1) is 13.2 Å². The van der Waals surface area contributed by atoms with E-state index < -0.39 is 50.6 Å². The number of hydrogen-bond donors (Lipinski definition) is 1. The number of β-amino-alcohol motifs (C(OH)–C–C–N with tert-alkyl or cyclic N) is 1. The van der Waals surface area contributed by atoms with Gasteiger partial charge in [0.25, 0.3) is 15.9 Å². The SMILES string of the molecule is COc1ccc(S(=O)(=O)N2C(=O)C(c3cc(C)ccc3OC)(N3C[C@@H](O)C[C@H]3C=O)c3cc(Cl)ccc32)c(OC(F)(F)F)c1. The predicted octanol–water partition coefficient (Wildman–Crippen LogP) is 4.18. The van der Waals surface area contributed by atoms with Gasteiger partial charge in [0.2, 0.25) is 0 Å². The average molecular weight is 655 g/mol. The molecule has 0 aromatic heterocycles. The van der Waals surface area contributed by atoms with Gasteiger partial charge in [-0.05, 0) is 55.8 Å². The van der Waals surface area contributed by atoms with E-state index in [2.05, 4.69) is 4.74 Å². The summed E-state index contributed by atoms with van der Waals surface area (Å²) in [5, 5.41) is 10.8. The lowest BCUT2D eigenvalue weighted by Crippen LogP contribution is -2.57. The van der Waals surface area contributed by atoms with Crippen LogP contribution in [0.5, 0.6) is 17.2 Å². The van der Waals surface area contributed by atoms with Crippen LogP contribution in [0.1, 0.15) is 23.1 Å². The van der Waals surface area contributed by atoms with E-state index in [1.165, 1.54) is 37.3 Å². The van der Waals surface area contributed by atoms with E-state index in [1.54, 1.807) is 25.1 Å². The van der Waals surface area contributed by atoms with Gasteiger partial charge in [0.1, 0.15) is 22.7 Å². The number of sulfonamides is 1. The minimum Gasteiger partial charge on any atom is -0.497 e. The number of amides is 1. The maximum atomic E-state index is 15.0. The highest BCUT2D eigenvalue weighted by atomic mass is 35.5. The lowest BCUT2D eigenvalue weighted by Gasteiger charge is -2.40. The molecule has 1 N–H and O–H groups in total. The Morgan fingerprint density at radius 1 is 1.02 bits per heavy atom. The number of aryl methyl sites for hydroxylation is 1. The number of ether oxygens (including phenoxy) is 3. The zero-order valence-electron chi connectivity index (χ0n) is 23.5. The first-order chi connectivity index (χ1) is 20.7. The standard InChI is InChI=1S/C29H26ClF3N2O8S/c1-16-4-8-24(42-3)22(10-16)28(34-14-19(37)12-18(34)15-36)21-11-17(30)5-7-23(21)35(27(28)38)44(39,40)26-9-6-20(41-2)13-25(26)43-29(31,32)33/h4-11,13,15,18-19,37H,12,14H2,1-3H3/t18-,19-,28?/m0/s1. The second kappa shape index (κ2) is 11.3. The number of methoxy groups -OCH3 is 2. The molecule has 3 aromatic carbocycles. The fourth-order valence-electron chi connectivity index (χ4n) is 5.87. The van der Waals surface area contributed by atoms with Crippen molar-refractivity contribution in [1.82, 2.24) is 4.90 Å². The Kier molecular flexibility index (Phi) is 8.08. The normalized spacial score (nSPS) is 22.2. The van der Waals surface area contributed by atoms with Crippen LogP contribution in [0.4, 0.5) is 18.9 Å². The Hall–Kier alpha value is -3.85. The van der Waals surface area contributed by atoms with Crippen LogP contribution in [0.15, 0.2) is 59.5 Å². The second-order valence-corrected chi connectivity index (χ2v) is 12.4. The number of nitrogens with zero attached hydrogens (tertiary/aromatic N) is 2. The van der Waals surface area contributed by atoms with Crippen molar-refractivity contribution < 1.29 is 50.5 Å². The number of fused-ring (bicyclic) bond motifs is 1. The number of benzene rings is 3. The molecular formula is C29H26ClF3N2O8S. The molecule has 0 saturated carbocycles. The summed E-state index contributed by atoms with van der Waals surface area (Å²) in [5.41, 5.74) is -1.59. The highest BCUT2D eigenvalue weighted by Crippen LogP contribution is 2.55. The Balaban J connectivity index is 1.86. The van der Waals surface area contributed by atoms with E-state index in [0.29, 0.717) is 16.2 Å². The van der Waals surface area contributed by atoms with Crippen LogP contribution in [0.2, 0.25) is 5.02 Å². The summed E-state index contributed by atoms with van der Waals surface area (Å²) in [5.74, 6) is -2.28. The zero-order chi connectivity index (χ0) is 32.2. The number of carbonyl (C=O) groups excluding carboxylic acids is 2. The van der Waals surface area contributed by atoms with Crippen LogP contribution in [-0.2, 0) is 25.2 Å². The van der Waals surface area contributed by atoms with E-state index >= 15 is 0 Å². The van der Waals surface area contributed by atoms with Gasteiger partial charge in [0.15, 0.2) is 11.3 Å². The highest BCUT2D eigenvalue weighted by molar-refractivity contribution is 7.93. The smallest absolute Gasteiger partial charge is 0.497 e. The molecule has 2 aliphatic heterocycles. The number of alkyl halides is 3. The third-order valence-electron chi connectivity index (χ3n) is 7.61. The van der Waals surface area contributed by atoms with E-state index in [1.807, 2.05) is 0 Å². The first-order valence-corrected chi connectivity index (χ1v) is 14.9. The summed E-state index contributed by atoms with van der Waals surface area (Å²) in [4.78, 5) is 27.7. The number of likely N-dealkylation sites (tertiary alicyclic amines) is 1. The number of hydrogen-bond acceptors (Lipinski definition) is 9. The minimum absolute atomic E-state index is 0.00947. The zero-order valence-corrected chi connectivity index (χ0v) is 25.0. The molecule has 15 heteroatoms. The third kappa shape index (κ3) is 5.05. The summed E-state index contributed by atoms with van der Waals surface area (Å²) in [6.07, 6.45) is -5.91. The predicted molar refractivity (Wildman–Crippen MR) is 151 cm³/mol. The van der Waals surface area contributed by atoms with Gasteiger partial charge in [-0.25, -0.2) is 12.7 Å². The Labute approximate surface area is 255 Å². The van der Waals surface area contributed by atoms with Crippen molar-refractivity contribution in [3.05, 3.63) is 76.3 Å². The average Bonchev–Trinajstić information content (AvgIpc) is 3.46. The van der Waals surface area contributed by atoms with Crippen LogP contribution in [0.25, 0.3) is 0 Å². The number of carbonyl (C=O) groups is 2. The molecule has 1 amide bonds. The van der Waals surface area contributed by atoms with Crippen molar-refractivity contribution in [3.63, 3.8) is 0 Å². The highest BCUT2D eigenvalue weighted by Gasteiger charge is 2.63.